The third-order valence-electron chi connectivity index (χ3n) is 6.74. The van der Waals surface area contributed by atoms with Crippen molar-refractivity contribution >= 4 is 0 Å². The molecule has 166 valence electrons. The van der Waals surface area contributed by atoms with Crippen LogP contribution in [-0.2, 0) is 26.0 Å². The molecule has 2 heterocycles. The monoisotopic (exact) mass is 431 g/mol. The van der Waals surface area contributed by atoms with E-state index in [2.05, 4.69) is 35.2 Å². The molecule has 0 unspecified atom stereocenters. The Bertz CT molecular complexity index is 1110. The number of rotatable bonds is 5. The molecule has 0 radical (unpaired) electrons. The van der Waals surface area contributed by atoms with Gasteiger partial charge in [-0.1, -0.05) is 36.4 Å². The summed E-state index contributed by atoms with van der Waals surface area (Å²) in [5.74, 6) is 2.39. The van der Waals surface area contributed by atoms with E-state index >= 15 is 0 Å². The normalized spacial score (nSPS) is 17.5. The topological polar surface area (TPSA) is 51.2 Å². The third-order valence-corrected chi connectivity index (χ3v) is 6.74. The zero-order valence-electron chi connectivity index (χ0n) is 18.6. The molecule has 5 nitrogen and oxygen atoms in total. The van der Waals surface area contributed by atoms with Crippen LogP contribution in [0.2, 0.25) is 0 Å². The second-order valence-electron chi connectivity index (χ2n) is 8.51. The highest BCUT2D eigenvalue weighted by molar-refractivity contribution is 5.52. The average molecular weight is 432 g/mol. The smallest absolute Gasteiger partial charge is 0.162 e. The van der Waals surface area contributed by atoms with Gasteiger partial charge in [0.2, 0.25) is 0 Å². The summed E-state index contributed by atoms with van der Waals surface area (Å²) in [6.07, 6.45) is 2.86. The Morgan fingerprint density at radius 2 is 1.72 bits per heavy atom. The van der Waals surface area contributed by atoms with Gasteiger partial charge in [-0.25, -0.2) is 0 Å². The molecule has 2 aliphatic rings. The van der Waals surface area contributed by atoms with E-state index in [0.29, 0.717) is 12.4 Å². The second kappa shape index (κ2) is 8.75. The third kappa shape index (κ3) is 3.78. The summed E-state index contributed by atoms with van der Waals surface area (Å²) in [4.78, 5) is 2.47. The molecule has 0 saturated carbocycles. The lowest BCUT2D eigenvalue weighted by molar-refractivity contribution is 0.171. The molecular formula is C27H29NO4. The number of ether oxygens (including phenoxy) is 3. The number of hydrogen-bond donors (Lipinski definition) is 1. The van der Waals surface area contributed by atoms with Crippen LogP contribution in [0.15, 0.2) is 54.6 Å². The molecule has 5 heteroatoms. The van der Waals surface area contributed by atoms with Gasteiger partial charge in [-0.05, 0) is 59.7 Å². The predicted molar refractivity (Wildman–Crippen MR) is 124 cm³/mol. The van der Waals surface area contributed by atoms with E-state index in [1.807, 2.05) is 24.3 Å². The first-order chi connectivity index (χ1) is 15.7. The highest BCUT2D eigenvalue weighted by Crippen LogP contribution is 2.44. The Morgan fingerprint density at radius 1 is 0.906 bits per heavy atom. The van der Waals surface area contributed by atoms with Gasteiger partial charge in [-0.2, -0.15) is 0 Å². The van der Waals surface area contributed by atoms with Crippen LogP contribution in [-0.4, -0.2) is 30.8 Å². The lowest BCUT2D eigenvalue weighted by Crippen LogP contribution is -2.34. The van der Waals surface area contributed by atoms with Crippen molar-refractivity contribution in [2.45, 2.75) is 38.5 Å². The van der Waals surface area contributed by atoms with Gasteiger partial charge in [-0.3, -0.25) is 4.90 Å². The summed E-state index contributed by atoms with van der Waals surface area (Å²) < 4.78 is 17.2. The van der Waals surface area contributed by atoms with Gasteiger partial charge >= 0.3 is 0 Å². The van der Waals surface area contributed by atoms with E-state index in [1.165, 1.54) is 16.7 Å². The van der Waals surface area contributed by atoms with Crippen molar-refractivity contribution in [3.8, 4) is 23.0 Å². The van der Waals surface area contributed by atoms with E-state index in [4.69, 9.17) is 14.2 Å². The van der Waals surface area contributed by atoms with E-state index in [1.54, 1.807) is 14.2 Å². The standard InChI is InChI=1S/C27H29NO4/c1-30-24-11-9-19-8-10-23-21-15-25(31-2)26(32-17-18-6-4-3-5-7-18)14-20(21)12-13-28(23)16-22(19)27(24)29/h3-7,9,11,14-15,23,29H,8,10,12-13,16-17H2,1-2H3/t23-/m0/s1. The Labute approximate surface area is 189 Å². The van der Waals surface area contributed by atoms with Gasteiger partial charge in [-0.15, -0.1) is 0 Å². The van der Waals surface area contributed by atoms with E-state index < -0.39 is 0 Å². The Balaban J connectivity index is 1.43. The first kappa shape index (κ1) is 20.7. The summed E-state index contributed by atoms with van der Waals surface area (Å²) in [5, 5.41) is 10.7. The van der Waals surface area contributed by atoms with Crippen molar-refractivity contribution in [2.24, 2.45) is 0 Å². The first-order valence-corrected chi connectivity index (χ1v) is 11.2. The van der Waals surface area contributed by atoms with Gasteiger partial charge < -0.3 is 19.3 Å². The number of aromatic hydroxyl groups is 1. The molecule has 0 bridgehead atoms. The van der Waals surface area contributed by atoms with Gasteiger partial charge in [0.25, 0.3) is 0 Å². The highest BCUT2D eigenvalue weighted by Gasteiger charge is 2.32. The van der Waals surface area contributed by atoms with Crippen LogP contribution in [0.5, 0.6) is 23.0 Å². The molecule has 3 aromatic rings. The first-order valence-electron chi connectivity index (χ1n) is 11.2. The molecule has 0 saturated heterocycles. The fourth-order valence-corrected chi connectivity index (χ4v) is 5.02. The van der Waals surface area contributed by atoms with Crippen LogP contribution >= 0.6 is 0 Å². The van der Waals surface area contributed by atoms with Crippen LogP contribution in [0, 0.1) is 0 Å². The lowest BCUT2D eigenvalue weighted by atomic mass is 9.89. The van der Waals surface area contributed by atoms with Gasteiger partial charge in [0.15, 0.2) is 23.0 Å². The van der Waals surface area contributed by atoms with Crippen molar-refractivity contribution in [3.63, 3.8) is 0 Å². The maximum absolute atomic E-state index is 10.7. The summed E-state index contributed by atoms with van der Waals surface area (Å²) in [5.41, 5.74) is 5.96. The summed E-state index contributed by atoms with van der Waals surface area (Å²) >= 11 is 0. The summed E-state index contributed by atoms with van der Waals surface area (Å²) in [7, 11) is 3.30. The Morgan fingerprint density at radius 3 is 2.50 bits per heavy atom. The Kier molecular flexibility index (Phi) is 5.66. The van der Waals surface area contributed by atoms with Gasteiger partial charge in [0.05, 0.1) is 14.2 Å². The number of aryl methyl sites for hydroxylation is 1. The molecule has 0 fully saturated rings. The molecule has 3 aromatic carbocycles. The number of methoxy groups -OCH3 is 2. The molecule has 0 amide bonds. The van der Waals surface area contributed by atoms with Gasteiger partial charge in [0.1, 0.15) is 6.61 Å². The van der Waals surface area contributed by atoms with Crippen LogP contribution in [0.4, 0.5) is 0 Å². The van der Waals surface area contributed by atoms with Crippen molar-refractivity contribution in [3.05, 3.63) is 82.4 Å². The van der Waals surface area contributed by atoms with Crippen molar-refractivity contribution < 1.29 is 19.3 Å². The number of nitrogens with zero attached hydrogens (tertiary/aromatic N) is 1. The Hall–Kier alpha value is -3.18. The van der Waals surface area contributed by atoms with Crippen molar-refractivity contribution in [1.29, 1.82) is 0 Å². The fourth-order valence-electron chi connectivity index (χ4n) is 5.02. The molecule has 0 aromatic heterocycles. The maximum Gasteiger partial charge on any atom is 0.162 e. The van der Waals surface area contributed by atoms with E-state index in [-0.39, 0.29) is 11.8 Å². The number of phenolic OH excluding ortho intramolecular Hbond substituents is 1. The highest BCUT2D eigenvalue weighted by atomic mass is 16.5. The zero-order valence-corrected chi connectivity index (χ0v) is 18.6. The number of hydrogen-bond acceptors (Lipinski definition) is 5. The van der Waals surface area contributed by atoms with Crippen LogP contribution < -0.4 is 14.2 Å². The SMILES string of the molecule is COc1cc2c(cc1OCc1ccccc1)CCN1Cc3c(ccc(OC)c3O)CC[C@@H]21. The average Bonchev–Trinajstić information content (AvgIpc) is 3.03. The minimum Gasteiger partial charge on any atom is -0.504 e. The molecule has 2 aliphatic heterocycles. The molecule has 5 rings (SSSR count). The maximum atomic E-state index is 10.7. The second-order valence-corrected chi connectivity index (χ2v) is 8.51. The molecule has 1 atom stereocenters. The number of phenols is 1. The molecule has 0 aliphatic carbocycles. The van der Waals surface area contributed by atoms with E-state index in [9.17, 15) is 5.11 Å². The predicted octanol–water partition coefficient (Wildman–Crippen LogP) is 5.03. The van der Waals surface area contributed by atoms with Gasteiger partial charge in [0, 0.05) is 24.7 Å². The van der Waals surface area contributed by atoms with Crippen LogP contribution in [0.25, 0.3) is 0 Å². The number of fused-ring (bicyclic) bond motifs is 4. The molecule has 32 heavy (non-hydrogen) atoms. The van der Waals surface area contributed by atoms with Crippen molar-refractivity contribution in [1.82, 2.24) is 4.90 Å². The zero-order chi connectivity index (χ0) is 22.1. The van der Waals surface area contributed by atoms with Crippen LogP contribution in [0.1, 0.15) is 40.3 Å². The quantitative estimate of drug-likeness (QED) is 0.614. The molecule has 1 N–H and O–H groups in total. The minimum absolute atomic E-state index is 0.277. The van der Waals surface area contributed by atoms with Crippen molar-refractivity contribution in [2.75, 3.05) is 20.8 Å². The molecular weight excluding hydrogens is 402 g/mol. The fraction of sp³-hybridized carbons (Fsp3) is 0.333. The van der Waals surface area contributed by atoms with E-state index in [0.717, 1.165) is 55.0 Å². The lowest BCUT2D eigenvalue weighted by Gasteiger charge is -2.36. The largest absolute Gasteiger partial charge is 0.504 e. The molecule has 0 spiro atoms. The minimum atomic E-state index is 0.277. The van der Waals surface area contributed by atoms with Crippen LogP contribution in [0.3, 0.4) is 0 Å². The summed E-state index contributed by atoms with van der Waals surface area (Å²) in [6, 6.07) is 18.7. The summed E-state index contributed by atoms with van der Waals surface area (Å²) in [6.45, 7) is 2.18. The number of benzene rings is 3.